The molecular weight excluding hydrogens is 691 g/mol. The van der Waals surface area contributed by atoms with Gasteiger partial charge in [0.2, 0.25) is 5.60 Å². The molecule has 0 bridgehead atoms. The lowest BCUT2D eigenvalue weighted by Crippen LogP contribution is -2.55. The molecule has 1 unspecified atom stereocenters. The maximum absolute atomic E-state index is 15.0. The summed E-state index contributed by atoms with van der Waals surface area (Å²) in [6.45, 7) is 8.02. The molecule has 3 heterocycles. The number of nitrogens with zero attached hydrogens (tertiary/aromatic N) is 4. The predicted octanol–water partition coefficient (Wildman–Crippen LogP) is 5.07. The Bertz CT molecular complexity index is 1760. The van der Waals surface area contributed by atoms with E-state index in [4.69, 9.17) is 14.2 Å². The summed E-state index contributed by atoms with van der Waals surface area (Å²) >= 11 is 0. The molecule has 3 aliphatic heterocycles. The molecule has 0 aromatic heterocycles. The summed E-state index contributed by atoms with van der Waals surface area (Å²) in [6.07, 6.45) is 1.45. The number of hydrogen-bond acceptors (Lipinski definition) is 9. The lowest BCUT2D eigenvalue weighted by Gasteiger charge is -2.42. The third-order valence-electron chi connectivity index (χ3n) is 9.48. The van der Waals surface area contributed by atoms with Crippen LogP contribution in [-0.2, 0) is 25.2 Å². The molecule has 0 aliphatic carbocycles. The first kappa shape index (κ1) is 38.3. The van der Waals surface area contributed by atoms with Gasteiger partial charge in [-0.25, -0.2) is 13.2 Å². The number of hydrogen-bond donors (Lipinski definition) is 0. The van der Waals surface area contributed by atoms with E-state index >= 15 is 4.79 Å². The number of benzene rings is 3. The van der Waals surface area contributed by atoms with E-state index in [-0.39, 0.29) is 53.1 Å². The summed E-state index contributed by atoms with van der Waals surface area (Å²) in [5, 5.41) is 0. The van der Waals surface area contributed by atoms with Gasteiger partial charge in [0, 0.05) is 37.8 Å². The first-order chi connectivity index (χ1) is 22.6. The third kappa shape index (κ3) is 6.94. The number of rotatable bonds is 8. The number of carbonyl (C=O) groups is 2. The number of methoxy groups -OCH3 is 1. The standard InChI is InChI=1S/C35H42N4O7S.2ClH/c1-5-45-31-12-8-7-11-28(31)35(46-34(41)38-22-20-37(21-23-38)26-16-18-36(3)19-17-26)29-24-27(44-4)14-15-30(29)39(33(35)40)47(42,43)32-13-9-6-10-25(32)2;;/h6-15,24,26H,5,16-23H2,1-4H3;2*1H. The second-order valence-electron chi connectivity index (χ2n) is 12.3. The number of fused-ring (bicyclic) bond motifs is 1. The Morgan fingerprint density at radius 2 is 1.55 bits per heavy atom. The van der Waals surface area contributed by atoms with Crippen LogP contribution in [0.5, 0.6) is 11.5 Å². The van der Waals surface area contributed by atoms with Gasteiger partial charge in [-0.05, 0) is 82.7 Å². The lowest BCUT2D eigenvalue weighted by atomic mass is 9.86. The van der Waals surface area contributed by atoms with Crippen LogP contribution in [0.1, 0.15) is 36.5 Å². The van der Waals surface area contributed by atoms with Crippen molar-refractivity contribution in [3.8, 4) is 11.5 Å². The predicted molar refractivity (Wildman–Crippen MR) is 192 cm³/mol. The summed E-state index contributed by atoms with van der Waals surface area (Å²) in [6, 6.07) is 18.4. The van der Waals surface area contributed by atoms with Gasteiger partial charge in [0.1, 0.15) is 11.5 Å². The quantitative estimate of drug-likeness (QED) is 0.313. The van der Waals surface area contributed by atoms with E-state index in [1.807, 2.05) is 6.92 Å². The number of ether oxygens (including phenoxy) is 3. The monoisotopic (exact) mass is 734 g/mol. The Morgan fingerprint density at radius 3 is 2.20 bits per heavy atom. The molecule has 2 fully saturated rings. The van der Waals surface area contributed by atoms with Gasteiger partial charge >= 0.3 is 6.09 Å². The Hall–Kier alpha value is -3.55. The zero-order valence-electron chi connectivity index (χ0n) is 28.2. The Kier molecular flexibility index (Phi) is 12.1. The van der Waals surface area contributed by atoms with Crippen molar-refractivity contribution >= 4 is 52.5 Å². The number of amides is 2. The Labute approximate surface area is 301 Å². The summed E-state index contributed by atoms with van der Waals surface area (Å²) in [5.41, 5.74) is -1.24. The molecule has 266 valence electrons. The van der Waals surface area contributed by atoms with Gasteiger partial charge in [0.15, 0.2) is 0 Å². The second-order valence-corrected chi connectivity index (χ2v) is 14.0. The molecule has 3 aromatic rings. The first-order valence-electron chi connectivity index (χ1n) is 16.1. The summed E-state index contributed by atoms with van der Waals surface area (Å²) in [7, 11) is -0.841. The van der Waals surface area contributed by atoms with Crippen molar-refractivity contribution in [3.63, 3.8) is 0 Å². The van der Waals surface area contributed by atoms with Crippen molar-refractivity contribution in [2.75, 3.05) is 64.3 Å². The molecule has 49 heavy (non-hydrogen) atoms. The van der Waals surface area contributed by atoms with Crippen molar-refractivity contribution in [3.05, 3.63) is 83.4 Å². The molecule has 0 saturated carbocycles. The van der Waals surface area contributed by atoms with Crippen LogP contribution in [0.4, 0.5) is 10.5 Å². The third-order valence-corrected chi connectivity index (χ3v) is 11.3. The van der Waals surface area contributed by atoms with E-state index in [2.05, 4.69) is 16.8 Å². The van der Waals surface area contributed by atoms with E-state index in [0.29, 0.717) is 49.3 Å². The molecule has 2 saturated heterocycles. The zero-order valence-corrected chi connectivity index (χ0v) is 30.6. The fourth-order valence-electron chi connectivity index (χ4n) is 6.93. The van der Waals surface area contributed by atoms with Gasteiger partial charge in [0.25, 0.3) is 15.9 Å². The highest BCUT2D eigenvalue weighted by Gasteiger charge is 2.61. The molecule has 0 spiro atoms. The van der Waals surface area contributed by atoms with E-state index in [0.717, 1.165) is 30.2 Å². The second kappa shape index (κ2) is 15.6. The van der Waals surface area contributed by atoms with E-state index in [1.54, 1.807) is 66.4 Å². The van der Waals surface area contributed by atoms with Crippen LogP contribution in [0.2, 0.25) is 0 Å². The maximum atomic E-state index is 15.0. The lowest BCUT2D eigenvalue weighted by molar-refractivity contribution is -0.132. The number of piperazine rings is 1. The normalized spacial score (nSPS) is 20.2. The Balaban J connectivity index is 0.00000270. The smallest absolute Gasteiger partial charge is 0.411 e. The highest BCUT2D eigenvalue weighted by atomic mass is 35.5. The van der Waals surface area contributed by atoms with Gasteiger partial charge in [-0.2, -0.15) is 4.31 Å². The number of sulfonamides is 1. The average Bonchev–Trinajstić information content (AvgIpc) is 3.33. The molecule has 1 atom stereocenters. The number of piperidine rings is 1. The summed E-state index contributed by atoms with van der Waals surface area (Å²) in [5.74, 6) is -0.269. The fraction of sp³-hybridized carbons (Fsp3) is 0.429. The number of likely N-dealkylation sites (tertiary alicyclic amines) is 1. The average molecular weight is 736 g/mol. The van der Waals surface area contributed by atoms with Crippen molar-refractivity contribution in [2.24, 2.45) is 0 Å². The van der Waals surface area contributed by atoms with Crippen molar-refractivity contribution < 1.29 is 32.2 Å². The minimum atomic E-state index is -4.45. The fourth-order valence-corrected chi connectivity index (χ4v) is 8.62. The maximum Gasteiger partial charge on any atom is 0.411 e. The Morgan fingerprint density at radius 1 is 0.898 bits per heavy atom. The van der Waals surface area contributed by atoms with Gasteiger partial charge in [-0.15, -0.1) is 24.8 Å². The molecule has 3 aliphatic rings. The number of halogens is 2. The van der Waals surface area contributed by atoms with E-state index < -0.39 is 27.6 Å². The highest BCUT2D eigenvalue weighted by Crippen LogP contribution is 2.52. The minimum absolute atomic E-state index is 0. The van der Waals surface area contributed by atoms with Gasteiger partial charge in [-0.3, -0.25) is 9.69 Å². The zero-order chi connectivity index (χ0) is 33.3. The van der Waals surface area contributed by atoms with Gasteiger partial charge in [0.05, 0.1) is 29.9 Å². The van der Waals surface area contributed by atoms with Crippen LogP contribution < -0.4 is 13.8 Å². The summed E-state index contributed by atoms with van der Waals surface area (Å²) < 4.78 is 47.5. The van der Waals surface area contributed by atoms with Crippen molar-refractivity contribution in [2.45, 2.75) is 43.2 Å². The molecule has 6 rings (SSSR count). The van der Waals surface area contributed by atoms with Crippen LogP contribution in [0.15, 0.2) is 71.6 Å². The number of carbonyl (C=O) groups excluding carboxylic acids is 2. The molecule has 11 nitrogen and oxygen atoms in total. The molecule has 2 amide bonds. The van der Waals surface area contributed by atoms with E-state index in [1.165, 1.54) is 19.2 Å². The van der Waals surface area contributed by atoms with E-state index in [9.17, 15) is 13.2 Å². The largest absolute Gasteiger partial charge is 0.497 e. The van der Waals surface area contributed by atoms with Crippen LogP contribution in [0.25, 0.3) is 0 Å². The molecule has 3 aromatic carbocycles. The SMILES string of the molecule is CCOc1ccccc1C1(OC(=O)N2CCN(C3CCN(C)CC3)CC2)C(=O)N(S(=O)(=O)c2ccccc2C)c2ccc(OC)cc21.Cl.Cl. The molecule has 0 N–H and O–H groups in total. The molecular formula is C35H44Cl2N4O7S. The van der Waals surface area contributed by atoms with Crippen molar-refractivity contribution in [1.82, 2.24) is 14.7 Å². The van der Waals surface area contributed by atoms with Gasteiger partial charge < -0.3 is 24.0 Å². The first-order valence-corrected chi connectivity index (χ1v) is 17.5. The van der Waals surface area contributed by atoms with Gasteiger partial charge in [-0.1, -0.05) is 36.4 Å². The van der Waals surface area contributed by atoms with Crippen LogP contribution in [0.3, 0.4) is 0 Å². The van der Waals surface area contributed by atoms with Crippen molar-refractivity contribution in [1.29, 1.82) is 0 Å². The number of para-hydroxylation sites is 1. The molecule has 14 heteroatoms. The number of anilines is 1. The van der Waals surface area contributed by atoms with Crippen LogP contribution in [0, 0.1) is 6.92 Å². The van der Waals surface area contributed by atoms with Crippen LogP contribution in [-0.4, -0.2) is 101 Å². The highest BCUT2D eigenvalue weighted by molar-refractivity contribution is 7.93. The number of aryl methyl sites for hydroxylation is 1. The van der Waals surface area contributed by atoms with Crippen LogP contribution >= 0.6 is 24.8 Å². The minimum Gasteiger partial charge on any atom is -0.497 e. The summed E-state index contributed by atoms with van der Waals surface area (Å²) in [4.78, 5) is 35.6. The topological polar surface area (TPSA) is 109 Å². The molecule has 0 radical (unpaired) electrons.